The highest BCUT2D eigenvalue weighted by Gasteiger charge is 2.23. The summed E-state index contributed by atoms with van der Waals surface area (Å²) >= 11 is 0. The molecule has 0 amide bonds. The molecule has 3 unspecified atom stereocenters. The molecule has 0 aliphatic rings. The normalized spacial score (nSPS) is 17.1. The predicted molar refractivity (Wildman–Crippen MR) is 62.7 cm³/mol. The van der Waals surface area contributed by atoms with Gasteiger partial charge in [0.1, 0.15) is 0 Å². The largest absolute Gasteiger partial charge is 0.481 e. The topological polar surface area (TPSA) is 63.3 Å². The molecule has 0 aromatic carbocycles. The highest BCUT2D eigenvalue weighted by atomic mass is 16.4. The number of carbonyl (C=O) groups is 1. The summed E-state index contributed by atoms with van der Waals surface area (Å²) in [5.41, 5.74) is 5.89. The Morgan fingerprint density at radius 2 is 2.00 bits per heavy atom. The smallest absolute Gasteiger partial charge is 0.304 e. The fourth-order valence-corrected chi connectivity index (χ4v) is 2.04. The van der Waals surface area contributed by atoms with E-state index in [1.165, 1.54) is 19.3 Å². The molecular formula is C12H25NO2. The average Bonchev–Trinajstić information content (AvgIpc) is 2.17. The van der Waals surface area contributed by atoms with Gasteiger partial charge >= 0.3 is 5.97 Å². The monoisotopic (exact) mass is 215 g/mol. The van der Waals surface area contributed by atoms with Crippen LogP contribution in [0.3, 0.4) is 0 Å². The van der Waals surface area contributed by atoms with Crippen molar-refractivity contribution in [2.45, 2.75) is 58.9 Å². The first-order valence-corrected chi connectivity index (χ1v) is 6.00. The van der Waals surface area contributed by atoms with Crippen LogP contribution in [0.15, 0.2) is 0 Å². The number of carboxylic acids is 1. The minimum atomic E-state index is -0.792. The van der Waals surface area contributed by atoms with Crippen LogP contribution in [0, 0.1) is 11.8 Å². The molecule has 3 atom stereocenters. The van der Waals surface area contributed by atoms with Gasteiger partial charge in [-0.1, -0.05) is 46.5 Å². The zero-order chi connectivity index (χ0) is 11.8. The molecule has 0 aliphatic carbocycles. The average molecular weight is 215 g/mol. The zero-order valence-electron chi connectivity index (χ0n) is 10.2. The van der Waals surface area contributed by atoms with Gasteiger partial charge in [-0.15, -0.1) is 0 Å². The zero-order valence-corrected chi connectivity index (χ0v) is 10.2. The summed E-state index contributed by atoms with van der Waals surface area (Å²) in [7, 11) is 0. The highest BCUT2D eigenvalue weighted by molar-refractivity contribution is 5.67. The Kier molecular flexibility index (Phi) is 7.39. The van der Waals surface area contributed by atoms with E-state index < -0.39 is 5.97 Å². The maximum Gasteiger partial charge on any atom is 0.304 e. The molecule has 0 fully saturated rings. The maximum atomic E-state index is 10.6. The summed E-state index contributed by atoms with van der Waals surface area (Å²) in [6.07, 6.45) is 4.75. The standard InChI is InChI=1S/C12H25NO2/c1-4-6-7-10(5-2)9(3)11(13)8-12(14)15/h9-11H,4-8,13H2,1-3H3,(H,14,15). The Labute approximate surface area is 93.0 Å². The molecule has 0 saturated carbocycles. The van der Waals surface area contributed by atoms with E-state index in [2.05, 4.69) is 20.8 Å². The summed E-state index contributed by atoms with van der Waals surface area (Å²) in [5, 5.41) is 8.68. The van der Waals surface area contributed by atoms with Gasteiger partial charge in [0.05, 0.1) is 6.42 Å². The molecule has 3 heteroatoms. The molecule has 0 spiro atoms. The first-order chi connectivity index (χ1) is 7.02. The number of hydrogen-bond acceptors (Lipinski definition) is 2. The molecule has 3 nitrogen and oxygen atoms in total. The molecule has 3 N–H and O–H groups in total. The van der Waals surface area contributed by atoms with Crippen molar-refractivity contribution in [2.75, 3.05) is 0 Å². The van der Waals surface area contributed by atoms with E-state index >= 15 is 0 Å². The van der Waals surface area contributed by atoms with Crippen LogP contribution in [-0.4, -0.2) is 17.1 Å². The summed E-state index contributed by atoms with van der Waals surface area (Å²) < 4.78 is 0. The minimum Gasteiger partial charge on any atom is -0.481 e. The summed E-state index contributed by atoms with van der Waals surface area (Å²) in [6, 6.07) is -0.204. The molecule has 0 bridgehead atoms. The SMILES string of the molecule is CCCCC(CC)C(C)C(N)CC(=O)O. The van der Waals surface area contributed by atoms with Crippen molar-refractivity contribution in [3.8, 4) is 0 Å². The van der Waals surface area contributed by atoms with E-state index in [1.807, 2.05) is 0 Å². The summed E-state index contributed by atoms with van der Waals surface area (Å²) in [5.74, 6) is 0.0802. The van der Waals surface area contributed by atoms with Gasteiger partial charge in [0.2, 0.25) is 0 Å². The van der Waals surface area contributed by atoms with Crippen LogP contribution in [0.5, 0.6) is 0 Å². The first-order valence-electron chi connectivity index (χ1n) is 6.00. The van der Waals surface area contributed by atoms with E-state index in [1.54, 1.807) is 0 Å². The molecule has 90 valence electrons. The number of unbranched alkanes of at least 4 members (excludes halogenated alkanes) is 1. The highest BCUT2D eigenvalue weighted by Crippen LogP contribution is 2.25. The molecule has 0 heterocycles. The Morgan fingerprint density at radius 3 is 2.40 bits per heavy atom. The number of aliphatic carboxylic acids is 1. The van der Waals surface area contributed by atoms with Crippen molar-refractivity contribution in [1.29, 1.82) is 0 Å². The molecule has 0 rings (SSSR count). The van der Waals surface area contributed by atoms with Crippen molar-refractivity contribution in [3.63, 3.8) is 0 Å². The van der Waals surface area contributed by atoms with Crippen molar-refractivity contribution in [3.05, 3.63) is 0 Å². The van der Waals surface area contributed by atoms with Crippen molar-refractivity contribution in [1.82, 2.24) is 0 Å². The van der Waals surface area contributed by atoms with E-state index in [-0.39, 0.29) is 12.5 Å². The first kappa shape index (κ1) is 14.4. The van der Waals surface area contributed by atoms with E-state index in [9.17, 15) is 4.79 Å². The fourth-order valence-electron chi connectivity index (χ4n) is 2.04. The van der Waals surface area contributed by atoms with Gasteiger partial charge in [-0.2, -0.15) is 0 Å². The van der Waals surface area contributed by atoms with Gasteiger partial charge in [0.25, 0.3) is 0 Å². The van der Waals surface area contributed by atoms with Crippen molar-refractivity contribution >= 4 is 5.97 Å². The molecule has 0 aromatic rings. The summed E-state index contributed by atoms with van der Waals surface area (Å²) in [4.78, 5) is 10.6. The lowest BCUT2D eigenvalue weighted by molar-refractivity contribution is -0.137. The number of rotatable bonds is 8. The molecule has 0 aliphatic heterocycles. The third-order valence-corrected chi connectivity index (χ3v) is 3.28. The van der Waals surface area contributed by atoms with Crippen LogP contribution in [-0.2, 0) is 4.79 Å². The lowest BCUT2D eigenvalue weighted by Gasteiger charge is -2.27. The second kappa shape index (κ2) is 7.69. The minimum absolute atomic E-state index is 0.0871. The Morgan fingerprint density at radius 1 is 1.40 bits per heavy atom. The van der Waals surface area contributed by atoms with Crippen LogP contribution >= 0.6 is 0 Å². The molecule has 0 radical (unpaired) electrons. The fraction of sp³-hybridized carbons (Fsp3) is 0.917. The second-order valence-electron chi connectivity index (χ2n) is 4.43. The lowest BCUT2D eigenvalue weighted by Crippen LogP contribution is -2.35. The Hall–Kier alpha value is -0.570. The van der Waals surface area contributed by atoms with Gasteiger partial charge in [-0.05, 0) is 11.8 Å². The number of nitrogens with two attached hydrogens (primary N) is 1. The molecule has 15 heavy (non-hydrogen) atoms. The van der Waals surface area contributed by atoms with Gasteiger partial charge in [0.15, 0.2) is 0 Å². The third-order valence-electron chi connectivity index (χ3n) is 3.28. The van der Waals surface area contributed by atoms with Crippen LogP contribution in [0.25, 0.3) is 0 Å². The van der Waals surface area contributed by atoms with Crippen LogP contribution in [0.4, 0.5) is 0 Å². The van der Waals surface area contributed by atoms with Crippen molar-refractivity contribution < 1.29 is 9.90 Å². The summed E-state index contributed by atoms with van der Waals surface area (Å²) in [6.45, 7) is 6.41. The molecular weight excluding hydrogens is 190 g/mol. The lowest BCUT2D eigenvalue weighted by atomic mass is 9.82. The van der Waals surface area contributed by atoms with Gasteiger partial charge in [-0.3, -0.25) is 4.79 Å². The van der Waals surface area contributed by atoms with Gasteiger partial charge < -0.3 is 10.8 Å². The quantitative estimate of drug-likeness (QED) is 0.654. The Balaban J connectivity index is 4.10. The van der Waals surface area contributed by atoms with Crippen LogP contribution < -0.4 is 5.73 Å². The van der Waals surface area contributed by atoms with E-state index in [0.717, 1.165) is 6.42 Å². The van der Waals surface area contributed by atoms with Crippen molar-refractivity contribution in [2.24, 2.45) is 17.6 Å². The third kappa shape index (κ3) is 5.78. The van der Waals surface area contributed by atoms with E-state index in [0.29, 0.717) is 11.8 Å². The van der Waals surface area contributed by atoms with Crippen LogP contribution in [0.1, 0.15) is 52.9 Å². The van der Waals surface area contributed by atoms with Gasteiger partial charge in [0, 0.05) is 6.04 Å². The predicted octanol–water partition coefficient (Wildman–Crippen LogP) is 2.64. The van der Waals surface area contributed by atoms with E-state index in [4.69, 9.17) is 10.8 Å². The molecule has 0 aromatic heterocycles. The number of hydrogen-bond donors (Lipinski definition) is 2. The number of carboxylic acid groups (broad SMARTS) is 1. The molecule has 0 saturated heterocycles. The Bertz CT molecular complexity index is 182. The maximum absolute atomic E-state index is 10.6. The second-order valence-corrected chi connectivity index (χ2v) is 4.43. The van der Waals surface area contributed by atoms with Gasteiger partial charge in [-0.25, -0.2) is 0 Å². The van der Waals surface area contributed by atoms with Crippen LogP contribution in [0.2, 0.25) is 0 Å².